The number of rotatable bonds is 7. The number of para-hydroxylation sites is 1. The lowest BCUT2D eigenvalue weighted by Crippen LogP contribution is -2.12. The van der Waals surface area contributed by atoms with Gasteiger partial charge in [0.2, 0.25) is 0 Å². The molecule has 0 aliphatic rings. The zero-order valence-corrected chi connectivity index (χ0v) is 11.9. The average molecular weight is 290 g/mol. The Bertz CT molecular complexity index is 641. The summed E-state index contributed by atoms with van der Waals surface area (Å²) in [5.41, 5.74) is 1.51. The molecule has 112 valence electrons. The summed E-state index contributed by atoms with van der Waals surface area (Å²) >= 11 is 0. The van der Waals surface area contributed by atoms with Gasteiger partial charge in [-0.25, -0.2) is 4.79 Å². The Balaban J connectivity index is 2.41. The van der Waals surface area contributed by atoms with E-state index in [1.165, 1.54) is 7.11 Å². The number of carbonyl (C=O) groups excluding carboxylic acids is 1. The van der Waals surface area contributed by atoms with Crippen molar-refractivity contribution in [3.63, 3.8) is 0 Å². The second-order valence-corrected chi connectivity index (χ2v) is 4.47. The average Bonchev–Trinajstić information content (AvgIpc) is 2.84. The molecule has 1 heterocycles. The van der Waals surface area contributed by atoms with E-state index in [4.69, 9.17) is 9.15 Å². The quantitative estimate of drug-likeness (QED) is 0.625. The number of benzene rings is 1. The van der Waals surface area contributed by atoms with Crippen LogP contribution in [0.3, 0.4) is 0 Å². The number of carbonyl (C=O) groups is 1. The summed E-state index contributed by atoms with van der Waals surface area (Å²) in [5, 5.41) is 10.1. The summed E-state index contributed by atoms with van der Waals surface area (Å²) in [6.07, 6.45) is 2.81. The zero-order valence-electron chi connectivity index (χ0n) is 11.9. The summed E-state index contributed by atoms with van der Waals surface area (Å²) in [4.78, 5) is 11.2. The fourth-order valence-electron chi connectivity index (χ4n) is 2.18. The number of allylic oxidation sites excluding steroid dienone is 1. The Kier molecular flexibility index (Phi) is 5.00. The number of esters is 1. The van der Waals surface area contributed by atoms with Crippen LogP contribution in [0.25, 0.3) is 11.0 Å². The molecule has 21 heavy (non-hydrogen) atoms. The molecule has 0 radical (unpaired) electrons. The highest BCUT2D eigenvalue weighted by Gasteiger charge is 2.16. The van der Waals surface area contributed by atoms with E-state index in [2.05, 4.69) is 11.3 Å². The smallest absolute Gasteiger partial charge is 0.343 e. The molecule has 1 aromatic carbocycles. The molecule has 2 aromatic rings. The van der Waals surface area contributed by atoms with Crippen molar-refractivity contribution in [1.82, 2.24) is 0 Å². The van der Waals surface area contributed by atoms with Crippen LogP contribution < -0.4 is 4.74 Å². The molecule has 0 aliphatic heterocycles. The lowest BCUT2D eigenvalue weighted by molar-refractivity contribution is -0.142. The number of aliphatic hydroxyl groups excluding tert-OH is 1. The highest BCUT2D eigenvalue weighted by Crippen LogP contribution is 2.33. The highest BCUT2D eigenvalue weighted by molar-refractivity contribution is 5.87. The minimum Gasteiger partial charge on any atom is -0.478 e. The Morgan fingerprint density at radius 3 is 2.95 bits per heavy atom. The van der Waals surface area contributed by atoms with Gasteiger partial charge in [-0.05, 0) is 12.5 Å². The van der Waals surface area contributed by atoms with Crippen molar-refractivity contribution in [2.75, 3.05) is 20.3 Å². The Labute approximate surface area is 122 Å². The highest BCUT2D eigenvalue weighted by atomic mass is 16.6. The number of furan rings is 1. The van der Waals surface area contributed by atoms with Gasteiger partial charge < -0.3 is 19.0 Å². The van der Waals surface area contributed by atoms with Crippen molar-refractivity contribution in [3.05, 3.63) is 42.2 Å². The number of methoxy groups -OCH3 is 1. The first-order valence-electron chi connectivity index (χ1n) is 6.65. The van der Waals surface area contributed by atoms with Gasteiger partial charge in [-0.3, -0.25) is 0 Å². The molecule has 0 aliphatic carbocycles. The molecule has 5 heteroatoms. The maximum atomic E-state index is 11.2. The number of hydrogen-bond acceptors (Lipinski definition) is 5. The normalized spacial score (nSPS) is 10.6. The molecule has 0 saturated carbocycles. The van der Waals surface area contributed by atoms with Gasteiger partial charge in [0, 0.05) is 24.0 Å². The lowest BCUT2D eigenvalue weighted by atomic mass is 10.1. The first kappa shape index (κ1) is 15.1. The van der Waals surface area contributed by atoms with Crippen LogP contribution in [-0.2, 0) is 22.4 Å². The van der Waals surface area contributed by atoms with Gasteiger partial charge in [-0.15, -0.1) is 6.58 Å². The molecule has 0 atom stereocenters. The molecule has 0 unspecified atom stereocenters. The van der Waals surface area contributed by atoms with E-state index in [0.717, 1.165) is 16.7 Å². The van der Waals surface area contributed by atoms with Gasteiger partial charge in [-0.2, -0.15) is 0 Å². The summed E-state index contributed by atoms with van der Waals surface area (Å²) in [5.74, 6) is 0.774. The van der Waals surface area contributed by atoms with Crippen LogP contribution >= 0.6 is 0 Å². The zero-order chi connectivity index (χ0) is 15.2. The SMILES string of the molecule is C=CCc1oc2c(OCC(=O)OC)cccc2c1CCO. The van der Waals surface area contributed by atoms with E-state index in [0.29, 0.717) is 24.2 Å². The molecular weight excluding hydrogens is 272 g/mol. The van der Waals surface area contributed by atoms with Gasteiger partial charge >= 0.3 is 5.97 Å². The first-order valence-corrected chi connectivity index (χ1v) is 6.65. The van der Waals surface area contributed by atoms with Gasteiger partial charge in [-0.1, -0.05) is 18.2 Å². The molecular formula is C16H18O5. The van der Waals surface area contributed by atoms with E-state index in [9.17, 15) is 9.90 Å². The van der Waals surface area contributed by atoms with Crippen LogP contribution in [0.1, 0.15) is 11.3 Å². The van der Waals surface area contributed by atoms with Crippen LogP contribution in [0.4, 0.5) is 0 Å². The third-order valence-electron chi connectivity index (χ3n) is 3.13. The molecule has 1 aromatic heterocycles. The third-order valence-corrected chi connectivity index (χ3v) is 3.13. The second-order valence-electron chi connectivity index (χ2n) is 4.47. The summed E-state index contributed by atoms with van der Waals surface area (Å²) in [6.45, 7) is 3.56. The van der Waals surface area contributed by atoms with Crippen LogP contribution in [0.15, 0.2) is 35.3 Å². The monoisotopic (exact) mass is 290 g/mol. The van der Waals surface area contributed by atoms with Crippen molar-refractivity contribution in [2.45, 2.75) is 12.8 Å². The molecule has 1 N–H and O–H groups in total. The van der Waals surface area contributed by atoms with Gasteiger partial charge in [0.15, 0.2) is 17.9 Å². The molecule has 0 amide bonds. The van der Waals surface area contributed by atoms with E-state index in [-0.39, 0.29) is 13.2 Å². The molecule has 0 bridgehead atoms. The van der Waals surface area contributed by atoms with Crippen LogP contribution in [0.2, 0.25) is 0 Å². The largest absolute Gasteiger partial charge is 0.478 e. The van der Waals surface area contributed by atoms with Crippen molar-refractivity contribution in [3.8, 4) is 5.75 Å². The fraction of sp³-hybridized carbons (Fsp3) is 0.312. The molecule has 0 spiro atoms. The van der Waals surface area contributed by atoms with Gasteiger partial charge in [0.05, 0.1) is 7.11 Å². The van der Waals surface area contributed by atoms with E-state index < -0.39 is 5.97 Å². The number of hydrogen-bond donors (Lipinski definition) is 1. The molecule has 0 fully saturated rings. The Hall–Kier alpha value is -2.27. The molecule has 2 rings (SSSR count). The first-order chi connectivity index (χ1) is 10.2. The topological polar surface area (TPSA) is 68.9 Å². The molecule has 5 nitrogen and oxygen atoms in total. The van der Waals surface area contributed by atoms with Crippen LogP contribution in [0, 0.1) is 0 Å². The predicted octanol–water partition coefficient (Wildman–Crippen LogP) is 2.25. The van der Waals surface area contributed by atoms with Crippen molar-refractivity contribution in [1.29, 1.82) is 0 Å². The summed E-state index contributed by atoms with van der Waals surface area (Å²) < 4.78 is 15.8. The fourth-order valence-corrected chi connectivity index (χ4v) is 2.18. The van der Waals surface area contributed by atoms with E-state index in [1.54, 1.807) is 12.1 Å². The standard InChI is InChI=1S/C16H18O5/c1-3-5-13-11(8-9-17)12-6-4-7-14(16(12)21-13)20-10-15(18)19-2/h3-4,6-7,17H,1,5,8-10H2,2H3. The second kappa shape index (κ2) is 6.95. The Morgan fingerprint density at radius 1 is 1.48 bits per heavy atom. The van der Waals surface area contributed by atoms with Gasteiger partial charge in [0.25, 0.3) is 0 Å². The van der Waals surface area contributed by atoms with Crippen LogP contribution in [0.5, 0.6) is 5.75 Å². The molecule has 0 saturated heterocycles. The van der Waals surface area contributed by atoms with Crippen molar-refractivity contribution < 1.29 is 23.8 Å². The van der Waals surface area contributed by atoms with Crippen molar-refractivity contribution >= 4 is 16.9 Å². The van der Waals surface area contributed by atoms with E-state index in [1.807, 2.05) is 12.1 Å². The number of aliphatic hydroxyl groups is 1. The lowest BCUT2D eigenvalue weighted by Gasteiger charge is -2.05. The Morgan fingerprint density at radius 2 is 2.29 bits per heavy atom. The number of ether oxygens (including phenoxy) is 2. The van der Waals surface area contributed by atoms with Crippen LogP contribution in [-0.4, -0.2) is 31.4 Å². The van der Waals surface area contributed by atoms with Gasteiger partial charge in [0.1, 0.15) is 5.76 Å². The predicted molar refractivity (Wildman–Crippen MR) is 78.4 cm³/mol. The maximum Gasteiger partial charge on any atom is 0.343 e. The number of fused-ring (bicyclic) bond motifs is 1. The summed E-state index contributed by atoms with van der Waals surface area (Å²) in [6, 6.07) is 5.46. The minimum absolute atomic E-state index is 0.0338. The minimum atomic E-state index is -0.458. The maximum absolute atomic E-state index is 11.2. The van der Waals surface area contributed by atoms with E-state index >= 15 is 0 Å². The summed E-state index contributed by atoms with van der Waals surface area (Å²) in [7, 11) is 1.31. The van der Waals surface area contributed by atoms with Crippen molar-refractivity contribution in [2.24, 2.45) is 0 Å². The third kappa shape index (κ3) is 3.25.